The largest absolute Gasteiger partial charge is 0.456 e. The van der Waals surface area contributed by atoms with Crippen LogP contribution in [0, 0.1) is 0 Å². The van der Waals surface area contributed by atoms with Gasteiger partial charge in [0.1, 0.15) is 22.3 Å². The molecule has 11 aromatic rings. The molecule has 1 aliphatic rings. The van der Waals surface area contributed by atoms with Crippen LogP contribution in [0.15, 0.2) is 209 Å². The first kappa shape index (κ1) is 34.4. The van der Waals surface area contributed by atoms with Crippen LogP contribution < -0.4 is 4.90 Å². The van der Waals surface area contributed by atoms with Gasteiger partial charge in [0.25, 0.3) is 0 Å². The Morgan fingerprint density at radius 1 is 0.367 bits per heavy atom. The SMILES string of the molecule is CC1(C)c2ccccc2-c2ccc(N(c3ccc(-c4ccccc4)cc3)c3ccc(-c4ccc5c(c4)oc4c(-c6ccccc6)c6c(cc45)oc4ccccc46)cc3)cc21. The normalized spacial score (nSPS) is 13.0. The minimum atomic E-state index is -0.108. The molecule has 0 atom stereocenters. The van der Waals surface area contributed by atoms with Crippen molar-refractivity contribution in [3.05, 3.63) is 211 Å². The van der Waals surface area contributed by atoms with E-state index < -0.39 is 0 Å². The number of fused-ring (bicyclic) bond motifs is 9. The van der Waals surface area contributed by atoms with Gasteiger partial charge in [-0.1, -0.05) is 153 Å². The maximum atomic E-state index is 6.87. The fourth-order valence-electron chi connectivity index (χ4n) is 9.69. The summed E-state index contributed by atoms with van der Waals surface area (Å²) < 4.78 is 13.3. The number of furan rings is 2. The lowest BCUT2D eigenvalue weighted by Crippen LogP contribution is -2.16. The molecule has 3 heteroatoms. The van der Waals surface area contributed by atoms with Gasteiger partial charge in [-0.05, 0) is 111 Å². The summed E-state index contributed by atoms with van der Waals surface area (Å²) in [4.78, 5) is 2.38. The standard InChI is InChI=1S/C57H39NO2/c1-57(2)49-19-11-9-17-44(49)45-32-30-43(34-50(45)57)58(41-26-21-37(22-27-41)36-13-5-3-6-14-36)42-28-23-38(24-29-42)40-25-31-46-48-35-53-55(47-18-10-12-20-51(47)59-53)54(39-15-7-4-8-16-39)56(48)60-52(46)33-40/h3-35H,1-2H3. The highest BCUT2D eigenvalue weighted by molar-refractivity contribution is 6.23. The average Bonchev–Trinajstić information content (AvgIpc) is 3.93. The predicted octanol–water partition coefficient (Wildman–Crippen LogP) is 16.3. The molecule has 0 saturated heterocycles. The third kappa shape index (κ3) is 5.29. The first-order valence-corrected chi connectivity index (χ1v) is 20.7. The molecule has 0 radical (unpaired) electrons. The zero-order chi connectivity index (χ0) is 40.0. The Labute approximate surface area is 348 Å². The Balaban J connectivity index is 0.961. The van der Waals surface area contributed by atoms with Crippen molar-refractivity contribution in [1.29, 1.82) is 0 Å². The molecular weight excluding hydrogens is 731 g/mol. The maximum absolute atomic E-state index is 6.87. The second kappa shape index (κ2) is 13.2. The topological polar surface area (TPSA) is 29.5 Å². The molecule has 284 valence electrons. The summed E-state index contributed by atoms with van der Waals surface area (Å²) in [5.74, 6) is 0. The van der Waals surface area contributed by atoms with E-state index in [1.54, 1.807) is 0 Å². The van der Waals surface area contributed by atoms with Crippen LogP contribution >= 0.6 is 0 Å². The average molecular weight is 770 g/mol. The molecular formula is C57H39NO2. The second-order valence-corrected chi connectivity index (χ2v) is 16.5. The monoisotopic (exact) mass is 769 g/mol. The summed E-state index contributed by atoms with van der Waals surface area (Å²) in [7, 11) is 0. The van der Waals surface area contributed by atoms with Crippen LogP contribution in [0.3, 0.4) is 0 Å². The molecule has 0 amide bonds. The number of nitrogens with zero attached hydrogens (tertiary/aromatic N) is 1. The van der Waals surface area contributed by atoms with Crippen LogP contribution in [0.25, 0.3) is 88.4 Å². The van der Waals surface area contributed by atoms with Gasteiger partial charge in [0, 0.05) is 49.6 Å². The van der Waals surface area contributed by atoms with Gasteiger partial charge in [-0.3, -0.25) is 0 Å². The van der Waals surface area contributed by atoms with E-state index in [1.165, 1.54) is 33.4 Å². The van der Waals surface area contributed by atoms with Gasteiger partial charge < -0.3 is 13.7 Å². The molecule has 0 aliphatic heterocycles. The van der Waals surface area contributed by atoms with Crippen LogP contribution in [-0.2, 0) is 5.41 Å². The van der Waals surface area contributed by atoms with E-state index in [1.807, 2.05) is 12.1 Å². The quantitative estimate of drug-likeness (QED) is 0.169. The fraction of sp³-hybridized carbons (Fsp3) is 0.0526. The molecule has 2 aromatic heterocycles. The Morgan fingerprint density at radius 3 is 1.70 bits per heavy atom. The first-order chi connectivity index (χ1) is 29.5. The number of benzene rings is 9. The lowest BCUT2D eigenvalue weighted by atomic mass is 9.82. The van der Waals surface area contributed by atoms with Crippen LogP contribution in [0.5, 0.6) is 0 Å². The zero-order valence-electron chi connectivity index (χ0n) is 33.3. The van der Waals surface area contributed by atoms with E-state index in [4.69, 9.17) is 8.83 Å². The van der Waals surface area contributed by atoms with Crippen LogP contribution in [-0.4, -0.2) is 0 Å². The van der Waals surface area contributed by atoms with Crippen molar-refractivity contribution in [3.8, 4) is 44.5 Å². The van der Waals surface area contributed by atoms with Crippen molar-refractivity contribution < 1.29 is 8.83 Å². The van der Waals surface area contributed by atoms with Crippen molar-refractivity contribution in [2.45, 2.75) is 19.3 Å². The molecule has 0 saturated carbocycles. The first-order valence-electron chi connectivity index (χ1n) is 20.7. The number of hydrogen-bond acceptors (Lipinski definition) is 3. The van der Waals surface area contributed by atoms with Crippen molar-refractivity contribution in [2.75, 3.05) is 4.90 Å². The van der Waals surface area contributed by atoms with Crippen molar-refractivity contribution in [1.82, 2.24) is 0 Å². The Bertz CT molecular complexity index is 3430. The summed E-state index contributed by atoms with van der Waals surface area (Å²) in [6, 6.07) is 71.8. The van der Waals surface area contributed by atoms with E-state index in [2.05, 4.69) is 207 Å². The molecule has 60 heavy (non-hydrogen) atoms. The minimum Gasteiger partial charge on any atom is -0.456 e. The highest BCUT2D eigenvalue weighted by atomic mass is 16.3. The van der Waals surface area contributed by atoms with E-state index in [-0.39, 0.29) is 5.41 Å². The maximum Gasteiger partial charge on any atom is 0.144 e. The van der Waals surface area contributed by atoms with Gasteiger partial charge in [0.15, 0.2) is 0 Å². The Hall–Kier alpha value is -7.62. The van der Waals surface area contributed by atoms with E-state index in [0.29, 0.717) is 0 Å². The van der Waals surface area contributed by atoms with Crippen LogP contribution in [0.2, 0.25) is 0 Å². The van der Waals surface area contributed by atoms with E-state index >= 15 is 0 Å². The van der Waals surface area contributed by atoms with Crippen molar-refractivity contribution in [2.24, 2.45) is 0 Å². The number of hydrogen-bond donors (Lipinski definition) is 0. The van der Waals surface area contributed by atoms with Crippen molar-refractivity contribution >= 4 is 60.9 Å². The van der Waals surface area contributed by atoms with E-state index in [9.17, 15) is 0 Å². The van der Waals surface area contributed by atoms with Gasteiger partial charge >= 0.3 is 0 Å². The number of rotatable bonds is 6. The van der Waals surface area contributed by atoms with Crippen LogP contribution in [0.4, 0.5) is 17.1 Å². The molecule has 0 unspecified atom stereocenters. The molecule has 9 aromatic carbocycles. The molecule has 2 heterocycles. The molecule has 0 bridgehead atoms. The molecule has 1 aliphatic carbocycles. The van der Waals surface area contributed by atoms with Gasteiger partial charge in [-0.2, -0.15) is 0 Å². The zero-order valence-corrected chi connectivity index (χ0v) is 33.3. The molecule has 0 N–H and O–H groups in total. The summed E-state index contributed by atoms with van der Waals surface area (Å²) in [6.07, 6.45) is 0. The summed E-state index contributed by atoms with van der Waals surface area (Å²) in [5.41, 5.74) is 18.8. The highest BCUT2D eigenvalue weighted by Gasteiger charge is 2.35. The van der Waals surface area contributed by atoms with Gasteiger partial charge in [0.2, 0.25) is 0 Å². The summed E-state index contributed by atoms with van der Waals surface area (Å²) >= 11 is 0. The second-order valence-electron chi connectivity index (χ2n) is 16.5. The van der Waals surface area contributed by atoms with Gasteiger partial charge in [-0.15, -0.1) is 0 Å². The lowest BCUT2D eigenvalue weighted by molar-refractivity contribution is 0.660. The minimum absolute atomic E-state index is 0.108. The van der Waals surface area contributed by atoms with Gasteiger partial charge in [-0.25, -0.2) is 0 Å². The lowest BCUT2D eigenvalue weighted by Gasteiger charge is -2.28. The molecule has 3 nitrogen and oxygen atoms in total. The molecule has 0 fully saturated rings. The number of para-hydroxylation sites is 1. The van der Waals surface area contributed by atoms with Crippen molar-refractivity contribution in [3.63, 3.8) is 0 Å². The number of anilines is 3. The van der Waals surface area contributed by atoms with Crippen LogP contribution in [0.1, 0.15) is 25.0 Å². The Morgan fingerprint density at radius 2 is 0.950 bits per heavy atom. The smallest absolute Gasteiger partial charge is 0.144 e. The predicted molar refractivity (Wildman–Crippen MR) is 250 cm³/mol. The van der Waals surface area contributed by atoms with Gasteiger partial charge in [0.05, 0.1) is 0 Å². The molecule has 12 rings (SSSR count). The third-order valence-electron chi connectivity index (χ3n) is 12.7. The fourth-order valence-corrected chi connectivity index (χ4v) is 9.69. The molecule has 0 spiro atoms. The summed E-state index contributed by atoms with van der Waals surface area (Å²) in [5, 5.41) is 4.28. The highest BCUT2D eigenvalue weighted by Crippen LogP contribution is 2.51. The van der Waals surface area contributed by atoms with E-state index in [0.717, 1.165) is 83.2 Å². The summed E-state index contributed by atoms with van der Waals surface area (Å²) in [6.45, 7) is 4.69. The third-order valence-corrected chi connectivity index (χ3v) is 12.7. The Kier molecular flexibility index (Phi) is 7.58.